The molecule has 3 nitrogen and oxygen atoms in total. The number of aliphatic hydroxyl groups excluding tert-OH is 1. The van der Waals surface area contributed by atoms with Gasteiger partial charge in [0.2, 0.25) is 5.91 Å². The van der Waals surface area contributed by atoms with Crippen LogP contribution in [0.3, 0.4) is 0 Å². The third-order valence-corrected chi connectivity index (χ3v) is 2.80. The molecular weight excluding hydrogens is 166 g/mol. The van der Waals surface area contributed by atoms with Crippen LogP contribution < -0.4 is 5.32 Å². The van der Waals surface area contributed by atoms with E-state index in [-0.39, 0.29) is 18.6 Å². The zero-order valence-corrected chi connectivity index (χ0v) is 8.42. The second kappa shape index (κ2) is 4.61. The van der Waals surface area contributed by atoms with Crippen LogP contribution in [-0.4, -0.2) is 23.7 Å². The van der Waals surface area contributed by atoms with E-state index >= 15 is 0 Å². The number of hydrogen-bond acceptors (Lipinski definition) is 2. The van der Waals surface area contributed by atoms with Crippen molar-refractivity contribution < 1.29 is 9.90 Å². The number of amides is 1. The summed E-state index contributed by atoms with van der Waals surface area (Å²) in [4.78, 5) is 11.2. The van der Waals surface area contributed by atoms with Crippen molar-refractivity contribution in [2.45, 2.75) is 39.2 Å². The van der Waals surface area contributed by atoms with Gasteiger partial charge in [-0.3, -0.25) is 4.79 Å². The number of carbonyl (C=O) groups is 1. The summed E-state index contributed by atoms with van der Waals surface area (Å²) >= 11 is 0. The Morgan fingerprint density at radius 3 is 2.85 bits per heavy atom. The molecule has 0 unspecified atom stereocenters. The Labute approximate surface area is 79.5 Å². The van der Waals surface area contributed by atoms with Crippen LogP contribution in [0.1, 0.15) is 33.1 Å². The Kier molecular flexibility index (Phi) is 3.72. The van der Waals surface area contributed by atoms with Gasteiger partial charge in [-0.25, -0.2) is 0 Å². The lowest BCUT2D eigenvalue weighted by atomic mass is 9.82. The zero-order chi connectivity index (χ0) is 9.84. The van der Waals surface area contributed by atoms with Crippen molar-refractivity contribution in [3.05, 3.63) is 0 Å². The standard InChI is InChI=1S/C10H19NO2/c1-7(2)10-8(5-6-12)3-4-9(13)11-10/h7-8,10,12H,3-6H2,1-2H3,(H,11,13)/t8-,10-/m1/s1. The Balaban J connectivity index is 2.55. The van der Waals surface area contributed by atoms with Crippen LogP contribution in [0.5, 0.6) is 0 Å². The summed E-state index contributed by atoms with van der Waals surface area (Å²) in [6.07, 6.45) is 2.35. The van der Waals surface area contributed by atoms with Gasteiger partial charge in [0.25, 0.3) is 0 Å². The minimum Gasteiger partial charge on any atom is -0.396 e. The van der Waals surface area contributed by atoms with Crippen molar-refractivity contribution in [3.63, 3.8) is 0 Å². The molecule has 2 atom stereocenters. The topological polar surface area (TPSA) is 49.3 Å². The molecule has 1 rings (SSSR count). The van der Waals surface area contributed by atoms with Crippen molar-refractivity contribution in [1.82, 2.24) is 5.32 Å². The molecule has 1 heterocycles. The number of rotatable bonds is 3. The van der Waals surface area contributed by atoms with E-state index in [0.717, 1.165) is 12.8 Å². The lowest BCUT2D eigenvalue weighted by Gasteiger charge is -2.34. The Morgan fingerprint density at radius 1 is 1.62 bits per heavy atom. The van der Waals surface area contributed by atoms with Crippen molar-refractivity contribution in [3.8, 4) is 0 Å². The maximum atomic E-state index is 11.2. The summed E-state index contributed by atoms with van der Waals surface area (Å²) in [5.74, 6) is 1.08. The first-order valence-electron chi connectivity index (χ1n) is 5.05. The quantitative estimate of drug-likeness (QED) is 0.687. The fourth-order valence-corrected chi connectivity index (χ4v) is 2.07. The molecule has 1 amide bonds. The molecule has 2 N–H and O–H groups in total. The van der Waals surface area contributed by atoms with E-state index in [2.05, 4.69) is 19.2 Å². The van der Waals surface area contributed by atoms with Crippen LogP contribution in [0, 0.1) is 11.8 Å². The molecule has 0 saturated carbocycles. The molecule has 0 aliphatic carbocycles. The van der Waals surface area contributed by atoms with E-state index in [1.807, 2.05) is 0 Å². The van der Waals surface area contributed by atoms with E-state index < -0.39 is 0 Å². The largest absolute Gasteiger partial charge is 0.396 e. The predicted octanol–water partition coefficient (Wildman–Crippen LogP) is 0.920. The van der Waals surface area contributed by atoms with Crippen LogP contribution in [0.25, 0.3) is 0 Å². The van der Waals surface area contributed by atoms with Gasteiger partial charge in [0.15, 0.2) is 0 Å². The Hall–Kier alpha value is -0.570. The fraction of sp³-hybridized carbons (Fsp3) is 0.900. The third-order valence-electron chi connectivity index (χ3n) is 2.80. The SMILES string of the molecule is CC(C)[C@H]1NC(=O)CC[C@@H]1CCO. The summed E-state index contributed by atoms with van der Waals surface area (Å²) in [6, 6.07) is 0.258. The van der Waals surface area contributed by atoms with Gasteiger partial charge in [-0.1, -0.05) is 13.8 Å². The predicted molar refractivity (Wildman–Crippen MR) is 51.2 cm³/mol. The molecule has 1 aliphatic rings. The van der Waals surface area contributed by atoms with Crippen LogP contribution in [0.15, 0.2) is 0 Å². The number of nitrogens with one attached hydrogen (secondary N) is 1. The van der Waals surface area contributed by atoms with E-state index in [0.29, 0.717) is 18.3 Å². The monoisotopic (exact) mass is 185 g/mol. The smallest absolute Gasteiger partial charge is 0.220 e. The fourth-order valence-electron chi connectivity index (χ4n) is 2.07. The second-order valence-electron chi connectivity index (χ2n) is 4.15. The molecule has 0 radical (unpaired) electrons. The highest BCUT2D eigenvalue weighted by molar-refractivity contribution is 5.77. The molecule has 13 heavy (non-hydrogen) atoms. The molecule has 0 aromatic carbocycles. The van der Waals surface area contributed by atoms with Gasteiger partial charge < -0.3 is 10.4 Å². The van der Waals surface area contributed by atoms with Gasteiger partial charge in [-0.15, -0.1) is 0 Å². The van der Waals surface area contributed by atoms with Crippen LogP contribution in [0.4, 0.5) is 0 Å². The van der Waals surface area contributed by atoms with Gasteiger partial charge in [-0.05, 0) is 24.7 Å². The van der Waals surface area contributed by atoms with E-state index in [1.54, 1.807) is 0 Å². The molecule has 0 bridgehead atoms. The minimum atomic E-state index is 0.160. The van der Waals surface area contributed by atoms with Crippen LogP contribution >= 0.6 is 0 Å². The maximum absolute atomic E-state index is 11.2. The molecule has 76 valence electrons. The van der Waals surface area contributed by atoms with Gasteiger partial charge in [0, 0.05) is 19.1 Å². The van der Waals surface area contributed by atoms with Gasteiger partial charge >= 0.3 is 0 Å². The Morgan fingerprint density at radius 2 is 2.31 bits per heavy atom. The van der Waals surface area contributed by atoms with Crippen LogP contribution in [-0.2, 0) is 4.79 Å². The molecule has 1 saturated heterocycles. The molecule has 3 heteroatoms. The molecule has 0 aromatic rings. The van der Waals surface area contributed by atoms with Crippen molar-refractivity contribution in [1.29, 1.82) is 0 Å². The highest BCUT2D eigenvalue weighted by atomic mass is 16.3. The highest BCUT2D eigenvalue weighted by Crippen LogP contribution is 2.24. The normalized spacial score (nSPS) is 29.1. The minimum absolute atomic E-state index is 0.160. The lowest BCUT2D eigenvalue weighted by Crippen LogP contribution is -2.48. The van der Waals surface area contributed by atoms with Crippen molar-refractivity contribution in [2.24, 2.45) is 11.8 Å². The summed E-state index contributed by atoms with van der Waals surface area (Å²) < 4.78 is 0. The first kappa shape index (κ1) is 10.5. The zero-order valence-electron chi connectivity index (χ0n) is 8.42. The summed E-state index contributed by atoms with van der Waals surface area (Å²) in [5, 5.41) is 11.9. The second-order valence-corrected chi connectivity index (χ2v) is 4.15. The van der Waals surface area contributed by atoms with E-state index in [9.17, 15) is 4.79 Å². The summed E-state index contributed by atoms with van der Waals surface area (Å²) in [6.45, 7) is 4.45. The first-order valence-corrected chi connectivity index (χ1v) is 5.05. The van der Waals surface area contributed by atoms with Gasteiger partial charge in [-0.2, -0.15) is 0 Å². The van der Waals surface area contributed by atoms with Gasteiger partial charge in [0.05, 0.1) is 0 Å². The highest BCUT2D eigenvalue weighted by Gasteiger charge is 2.29. The Bertz CT molecular complexity index is 180. The van der Waals surface area contributed by atoms with Crippen molar-refractivity contribution >= 4 is 5.91 Å². The molecule has 0 spiro atoms. The van der Waals surface area contributed by atoms with Gasteiger partial charge in [0.1, 0.15) is 0 Å². The molecule has 0 aromatic heterocycles. The average molecular weight is 185 g/mol. The number of hydrogen-bond donors (Lipinski definition) is 2. The number of carbonyl (C=O) groups excluding carboxylic acids is 1. The maximum Gasteiger partial charge on any atom is 0.220 e. The number of piperidine rings is 1. The summed E-state index contributed by atoms with van der Waals surface area (Å²) in [7, 11) is 0. The van der Waals surface area contributed by atoms with Crippen LogP contribution in [0.2, 0.25) is 0 Å². The van der Waals surface area contributed by atoms with E-state index in [1.165, 1.54) is 0 Å². The average Bonchev–Trinajstić information content (AvgIpc) is 2.08. The van der Waals surface area contributed by atoms with E-state index in [4.69, 9.17) is 5.11 Å². The lowest BCUT2D eigenvalue weighted by molar-refractivity contribution is -0.125. The summed E-state index contributed by atoms with van der Waals surface area (Å²) in [5.41, 5.74) is 0. The molecule has 1 fully saturated rings. The third kappa shape index (κ3) is 2.69. The number of aliphatic hydroxyl groups is 1. The first-order chi connectivity index (χ1) is 6.15. The molecular formula is C10H19NO2. The molecule has 1 aliphatic heterocycles. The van der Waals surface area contributed by atoms with Crippen molar-refractivity contribution in [2.75, 3.05) is 6.61 Å².